The molecule has 0 aliphatic carbocycles. The fourth-order valence-corrected chi connectivity index (χ4v) is 1.19. The summed E-state index contributed by atoms with van der Waals surface area (Å²) in [5.41, 5.74) is -1.18. The molecule has 0 unspecified atom stereocenters. The molecule has 0 saturated heterocycles. The molecule has 14 heavy (non-hydrogen) atoms. The normalized spacial score (nSPS) is 11.1. The standard InChI is InChI=1S/C8H4ClF3N2/c9-7-4-14-3-6(8(10,11)12)5(7)1-2-13/h3-4H,1H2. The van der Waals surface area contributed by atoms with Gasteiger partial charge in [-0.25, -0.2) is 0 Å². The molecule has 0 atom stereocenters. The predicted octanol–water partition coefficient (Wildman–Crippen LogP) is 2.82. The van der Waals surface area contributed by atoms with Crippen molar-refractivity contribution in [3.63, 3.8) is 0 Å². The van der Waals surface area contributed by atoms with Crippen molar-refractivity contribution in [2.45, 2.75) is 12.6 Å². The summed E-state index contributed by atoms with van der Waals surface area (Å²) in [4.78, 5) is 3.33. The second-order valence-electron chi connectivity index (χ2n) is 2.48. The van der Waals surface area contributed by atoms with E-state index < -0.39 is 11.7 Å². The Morgan fingerprint density at radius 1 is 1.43 bits per heavy atom. The number of halogens is 4. The van der Waals surface area contributed by atoms with Crippen molar-refractivity contribution in [3.8, 4) is 6.07 Å². The average molecular weight is 221 g/mol. The smallest absolute Gasteiger partial charge is 0.263 e. The maximum Gasteiger partial charge on any atom is 0.418 e. The fourth-order valence-electron chi connectivity index (χ4n) is 0.965. The molecule has 0 radical (unpaired) electrons. The maximum atomic E-state index is 12.3. The number of alkyl halides is 3. The van der Waals surface area contributed by atoms with Gasteiger partial charge in [-0.3, -0.25) is 4.98 Å². The summed E-state index contributed by atoms with van der Waals surface area (Å²) < 4.78 is 37.0. The van der Waals surface area contributed by atoms with Gasteiger partial charge in [0.2, 0.25) is 0 Å². The van der Waals surface area contributed by atoms with Crippen LogP contribution < -0.4 is 0 Å². The van der Waals surface area contributed by atoms with Crippen LogP contribution >= 0.6 is 11.6 Å². The second kappa shape index (κ2) is 3.84. The van der Waals surface area contributed by atoms with E-state index >= 15 is 0 Å². The number of pyridine rings is 1. The minimum absolute atomic E-state index is 0.138. The van der Waals surface area contributed by atoms with Gasteiger partial charge in [0.25, 0.3) is 0 Å². The van der Waals surface area contributed by atoms with Crippen LogP contribution in [0.2, 0.25) is 5.02 Å². The lowest BCUT2D eigenvalue weighted by Gasteiger charge is -2.10. The number of rotatable bonds is 1. The van der Waals surface area contributed by atoms with Crippen LogP contribution in [0, 0.1) is 11.3 Å². The first kappa shape index (κ1) is 10.8. The van der Waals surface area contributed by atoms with Gasteiger partial charge in [0.05, 0.1) is 23.1 Å². The highest BCUT2D eigenvalue weighted by atomic mass is 35.5. The van der Waals surface area contributed by atoms with E-state index in [1.54, 1.807) is 6.07 Å². The van der Waals surface area contributed by atoms with Crippen LogP contribution in [0.15, 0.2) is 12.4 Å². The third-order valence-electron chi connectivity index (χ3n) is 1.57. The SMILES string of the molecule is N#CCc1c(Cl)cncc1C(F)(F)F. The van der Waals surface area contributed by atoms with Gasteiger partial charge in [-0.1, -0.05) is 11.6 Å². The molecule has 0 aromatic carbocycles. The summed E-state index contributed by atoms with van der Waals surface area (Å²) in [5, 5.41) is 8.20. The highest BCUT2D eigenvalue weighted by molar-refractivity contribution is 6.31. The van der Waals surface area contributed by atoms with Gasteiger partial charge in [-0.15, -0.1) is 0 Å². The lowest BCUT2D eigenvalue weighted by atomic mass is 10.1. The molecule has 0 amide bonds. The molecule has 1 aromatic rings. The van der Waals surface area contributed by atoms with Crippen molar-refractivity contribution >= 4 is 11.6 Å². The second-order valence-corrected chi connectivity index (χ2v) is 2.89. The van der Waals surface area contributed by atoms with E-state index in [1.807, 2.05) is 0 Å². The van der Waals surface area contributed by atoms with E-state index in [1.165, 1.54) is 0 Å². The first-order chi connectivity index (χ1) is 6.46. The van der Waals surface area contributed by atoms with E-state index in [-0.39, 0.29) is 17.0 Å². The molecular weight excluding hydrogens is 217 g/mol. The molecule has 0 spiro atoms. The largest absolute Gasteiger partial charge is 0.418 e. The van der Waals surface area contributed by atoms with Gasteiger partial charge < -0.3 is 0 Å². The molecule has 0 aliphatic rings. The van der Waals surface area contributed by atoms with Gasteiger partial charge in [-0.2, -0.15) is 18.4 Å². The van der Waals surface area contributed by atoms with Gasteiger partial charge in [0, 0.05) is 18.0 Å². The molecule has 0 N–H and O–H groups in total. The third-order valence-corrected chi connectivity index (χ3v) is 1.89. The van der Waals surface area contributed by atoms with Crippen molar-refractivity contribution in [2.24, 2.45) is 0 Å². The third kappa shape index (κ3) is 2.15. The number of aromatic nitrogens is 1. The van der Waals surface area contributed by atoms with Gasteiger partial charge in [0.1, 0.15) is 0 Å². The minimum Gasteiger partial charge on any atom is -0.263 e. The molecule has 2 nitrogen and oxygen atoms in total. The van der Waals surface area contributed by atoms with E-state index in [4.69, 9.17) is 16.9 Å². The Bertz CT molecular complexity index is 381. The van der Waals surface area contributed by atoms with Crippen LogP contribution in [-0.4, -0.2) is 4.98 Å². The number of hydrogen-bond acceptors (Lipinski definition) is 2. The first-order valence-electron chi connectivity index (χ1n) is 3.53. The first-order valence-corrected chi connectivity index (χ1v) is 3.91. The van der Waals surface area contributed by atoms with Crippen molar-refractivity contribution in [2.75, 3.05) is 0 Å². The Balaban J connectivity index is 3.30. The van der Waals surface area contributed by atoms with Crippen LogP contribution in [-0.2, 0) is 12.6 Å². The van der Waals surface area contributed by atoms with Crippen molar-refractivity contribution in [1.29, 1.82) is 5.26 Å². The van der Waals surface area contributed by atoms with Gasteiger partial charge in [0.15, 0.2) is 0 Å². The lowest BCUT2D eigenvalue weighted by molar-refractivity contribution is -0.138. The summed E-state index contributed by atoms with van der Waals surface area (Å²) in [6, 6.07) is 1.63. The fraction of sp³-hybridized carbons (Fsp3) is 0.250. The quantitative estimate of drug-likeness (QED) is 0.730. The zero-order valence-electron chi connectivity index (χ0n) is 6.77. The van der Waals surface area contributed by atoms with Gasteiger partial charge >= 0.3 is 6.18 Å². The van der Waals surface area contributed by atoms with E-state index in [9.17, 15) is 13.2 Å². The molecule has 6 heteroatoms. The molecule has 1 aromatic heterocycles. The number of hydrogen-bond donors (Lipinski definition) is 0. The molecule has 0 fully saturated rings. The Morgan fingerprint density at radius 3 is 2.57 bits per heavy atom. The molecule has 0 bridgehead atoms. The van der Waals surface area contributed by atoms with Crippen LogP contribution in [0.5, 0.6) is 0 Å². The van der Waals surface area contributed by atoms with Crippen LogP contribution in [0.4, 0.5) is 13.2 Å². The van der Waals surface area contributed by atoms with E-state index in [0.29, 0.717) is 6.20 Å². The predicted molar refractivity (Wildman–Crippen MR) is 43.6 cm³/mol. The summed E-state index contributed by atoms with van der Waals surface area (Å²) in [6.45, 7) is 0. The molecule has 0 aliphatic heterocycles. The molecule has 74 valence electrons. The minimum atomic E-state index is -4.52. The van der Waals surface area contributed by atoms with Crippen LogP contribution in [0.25, 0.3) is 0 Å². The summed E-state index contributed by atoms with van der Waals surface area (Å²) in [6.07, 6.45) is -3.15. The number of nitrogens with zero attached hydrogens (tertiary/aromatic N) is 2. The Kier molecular flexibility index (Phi) is 2.96. The Hall–Kier alpha value is -1.28. The Morgan fingerprint density at radius 2 is 2.07 bits per heavy atom. The molecular formula is C8H4ClF3N2. The van der Waals surface area contributed by atoms with Crippen molar-refractivity contribution in [1.82, 2.24) is 4.98 Å². The van der Waals surface area contributed by atoms with Crippen molar-refractivity contribution in [3.05, 3.63) is 28.5 Å². The maximum absolute atomic E-state index is 12.3. The van der Waals surface area contributed by atoms with Gasteiger partial charge in [-0.05, 0) is 0 Å². The summed E-state index contributed by atoms with van der Waals surface area (Å²) in [5.74, 6) is 0. The Labute approximate surface area is 82.9 Å². The summed E-state index contributed by atoms with van der Waals surface area (Å²) in [7, 11) is 0. The molecule has 1 rings (SSSR count). The molecule has 1 heterocycles. The zero-order chi connectivity index (χ0) is 10.8. The van der Waals surface area contributed by atoms with E-state index in [2.05, 4.69) is 4.98 Å². The van der Waals surface area contributed by atoms with Crippen molar-refractivity contribution < 1.29 is 13.2 Å². The topological polar surface area (TPSA) is 36.7 Å². The van der Waals surface area contributed by atoms with Crippen LogP contribution in [0.1, 0.15) is 11.1 Å². The molecule has 0 saturated carbocycles. The van der Waals surface area contributed by atoms with Crippen LogP contribution in [0.3, 0.4) is 0 Å². The monoisotopic (exact) mass is 220 g/mol. The highest BCUT2D eigenvalue weighted by Gasteiger charge is 2.34. The average Bonchev–Trinajstić information content (AvgIpc) is 2.07. The van der Waals surface area contributed by atoms with E-state index in [0.717, 1.165) is 6.20 Å². The summed E-state index contributed by atoms with van der Waals surface area (Å²) >= 11 is 5.50. The highest BCUT2D eigenvalue weighted by Crippen LogP contribution is 2.34. The zero-order valence-corrected chi connectivity index (χ0v) is 7.52. The lowest BCUT2D eigenvalue weighted by Crippen LogP contribution is -2.10. The number of nitriles is 1.